The monoisotopic (exact) mass is 384 g/mol. The fourth-order valence-corrected chi connectivity index (χ4v) is 3.80. The van der Waals surface area contributed by atoms with Crippen molar-refractivity contribution in [2.45, 2.75) is 111 Å². The molecule has 1 aromatic rings. The largest absolute Gasteiger partial charge is 0.461 e. The second-order valence-electron chi connectivity index (χ2n) is 10.4. The van der Waals surface area contributed by atoms with Crippen molar-refractivity contribution in [3.8, 4) is 5.75 Å². The number of ether oxygens (including phenoxy) is 1. The number of carbonyl (C=O) groups excluding carboxylic acids is 1. The lowest BCUT2D eigenvalue weighted by molar-refractivity contribution is -0.116. The van der Waals surface area contributed by atoms with Gasteiger partial charge in [0.1, 0.15) is 11.5 Å². The van der Waals surface area contributed by atoms with E-state index in [0.717, 1.165) is 35.5 Å². The van der Waals surface area contributed by atoms with Crippen LogP contribution in [0.2, 0.25) is 0 Å². The summed E-state index contributed by atoms with van der Waals surface area (Å²) >= 11 is 0. The van der Waals surface area contributed by atoms with Crippen LogP contribution in [0.1, 0.15) is 111 Å². The summed E-state index contributed by atoms with van der Waals surface area (Å²) in [6.07, 6.45) is 7.18. The molecule has 0 unspecified atom stereocenters. The third-order valence-corrected chi connectivity index (χ3v) is 5.73. The van der Waals surface area contributed by atoms with Crippen LogP contribution in [0.5, 0.6) is 5.75 Å². The van der Waals surface area contributed by atoms with Gasteiger partial charge in [-0.05, 0) is 35.3 Å². The second-order valence-corrected chi connectivity index (χ2v) is 10.4. The molecular formula is C26H40O2. The van der Waals surface area contributed by atoms with E-state index in [9.17, 15) is 4.79 Å². The predicted octanol–water partition coefficient (Wildman–Crippen LogP) is 7.42. The van der Waals surface area contributed by atoms with E-state index < -0.39 is 0 Å². The highest BCUT2D eigenvalue weighted by atomic mass is 16.5. The highest BCUT2D eigenvalue weighted by Crippen LogP contribution is 2.42. The summed E-state index contributed by atoms with van der Waals surface area (Å²) in [5, 5.41) is 0. The van der Waals surface area contributed by atoms with Gasteiger partial charge in [0, 0.05) is 24.0 Å². The van der Waals surface area contributed by atoms with Crippen LogP contribution < -0.4 is 4.74 Å². The normalized spacial score (nSPS) is 14.7. The molecule has 0 spiro atoms. The smallest absolute Gasteiger partial charge is 0.162 e. The Morgan fingerprint density at radius 1 is 0.964 bits per heavy atom. The Morgan fingerprint density at radius 3 is 2.18 bits per heavy atom. The van der Waals surface area contributed by atoms with Gasteiger partial charge in [-0.3, -0.25) is 4.79 Å². The highest BCUT2D eigenvalue weighted by Gasteiger charge is 2.30. The maximum atomic E-state index is 12.9. The number of fused-ring (bicyclic) bond motifs is 1. The molecule has 1 aromatic carbocycles. The van der Waals surface area contributed by atoms with E-state index in [2.05, 4.69) is 60.6 Å². The number of hydrogen-bond acceptors (Lipinski definition) is 2. The minimum Gasteiger partial charge on any atom is -0.461 e. The molecule has 0 saturated carbocycles. The molecule has 2 rings (SSSR count). The molecule has 28 heavy (non-hydrogen) atoms. The number of ketones is 1. The summed E-state index contributed by atoms with van der Waals surface area (Å²) in [4.78, 5) is 12.9. The van der Waals surface area contributed by atoms with E-state index >= 15 is 0 Å². The average Bonchev–Trinajstić information content (AvgIpc) is 2.58. The van der Waals surface area contributed by atoms with Gasteiger partial charge in [0.05, 0.1) is 0 Å². The topological polar surface area (TPSA) is 26.3 Å². The van der Waals surface area contributed by atoms with E-state index in [4.69, 9.17) is 4.74 Å². The minimum atomic E-state index is -0.00753. The van der Waals surface area contributed by atoms with Gasteiger partial charge in [-0.15, -0.1) is 0 Å². The maximum Gasteiger partial charge on any atom is 0.162 e. The lowest BCUT2D eigenvalue weighted by atomic mass is 9.77. The third kappa shape index (κ3) is 5.49. The molecule has 2 heteroatoms. The van der Waals surface area contributed by atoms with Crippen molar-refractivity contribution in [3.63, 3.8) is 0 Å². The number of carbonyl (C=O) groups is 1. The number of allylic oxidation sites excluding steroid dienone is 2. The van der Waals surface area contributed by atoms with Crippen LogP contribution in [0.4, 0.5) is 0 Å². The van der Waals surface area contributed by atoms with Gasteiger partial charge in [0.15, 0.2) is 5.78 Å². The zero-order valence-electron chi connectivity index (χ0n) is 19.4. The van der Waals surface area contributed by atoms with Crippen molar-refractivity contribution in [1.29, 1.82) is 0 Å². The quantitative estimate of drug-likeness (QED) is 0.457. The zero-order chi connectivity index (χ0) is 21.1. The van der Waals surface area contributed by atoms with Gasteiger partial charge in [-0.1, -0.05) is 86.3 Å². The summed E-state index contributed by atoms with van der Waals surface area (Å²) in [5.74, 6) is 2.02. The fraction of sp³-hybridized carbons (Fsp3) is 0.654. The summed E-state index contributed by atoms with van der Waals surface area (Å²) in [5.41, 5.74) is 4.64. The first-order valence-corrected chi connectivity index (χ1v) is 11.0. The molecular weight excluding hydrogens is 344 g/mol. The molecule has 0 amide bonds. The van der Waals surface area contributed by atoms with Gasteiger partial charge in [0.25, 0.3) is 0 Å². The second kappa shape index (κ2) is 8.84. The van der Waals surface area contributed by atoms with Crippen LogP contribution in [0.3, 0.4) is 0 Å². The number of unbranched alkanes of at least 4 members (excludes halogenated alkanes) is 4. The predicted molar refractivity (Wildman–Crippen MR) is 119 cm³/mol. The molecule has 0 atom stereocenters. The average molecular weight is 385 g/mol. The summed E-state index contributed by atoms with van der Waals surface area (Å²) < 4.78 is 6.29. The van der Waals surface area contributed by atoms with Gasteiger partial charge >= 0.3 is 0 Å². The van der Waals surface area contributed by atoms with Crippen LogP contribution in [-0.4, -0.2) is 5.78 Å². The SMILES string of the molecule is CCCCCCCC(=O)C1=C(C)Oc2c(cc(C(C)(C)C)cc2C(C)(C)C)C1. The van der Waals surface area contributed by atoms with E-state index in [1.807, 2.05) is 6.92 Å². The van der Waals surface area contributed by atoms with Crippen LogP contribution in [0.15, 0.2) is 23.5 Å². The first-order chi connectivity index (χ1) is 12.9. The van der Waals surface area contributed by atoms with Crippen LogP contribution in [0, 0.1) is 0 Å². The van der Waals surface area contributed by atoms with Gasteiger partial charge in [-0.25, -0.2) is 0 Å². The Hall–Kier alpha value is -1.57. The number of rotatable bonds is 7. The molecule has 2 nitrogen and oxygen atoms in total. The summed E-state index contributed by atoms with van der Waals surface area (Å²) in [6, 6.07) is 4.55. The van der Waals surface area contributed by atoms with Gasteiger partial charge < -0.3 is 4.74 Å². The van der Waals surface area contributed by atoms with Crippen molar-refractivity contribution in [1.82, 2.24) is 0 Å². The van der Waals surface area contributed by atoms with Crippen molar-refractivity contribution in [3.05, 3.63) is 40.2 Å². The summed E-state index contributed by atoms with van der Waals surface area (Å²) in [6.45, 7) is 17.6. The first-order valence-electron chi connectivity index (χ1n) is 11.0. The molecule has 0 bridgehead atoms. The lowest BCUT2D eigenvalue weighted by Crippen LogP contribution is -2.22. The molecule has 0 saturated heterocycles. The van der Waals surface area contributed by atoms with E-state index in [-0.39, 0.29) is 16.6 Å². The third-order valence-electron chi connectivity index (χ3n) is 5.73. The van der Waals surface area contributed by atoms with E-state index in [1.54, 1.807) is 0 Å². The first kappa shape index (κ1) is 22.7. The molecule has 0 aromatic heterocycles. The Kier molecular flexibility index (Phi) is 7.17. The maximum absolute atomic E-state index is 12.9. The number of benzene rings is 1. The Morgan fingerprint density at radius 2 is 1.61 bits per heavy atom. The van der Waals surface area contributed by atoms with E-state index in [0.29, 0.717) is 12.8 Å². The van der Waals surface area contributed by atoms with Crippen molar-refractivity contribution in [2.75, 3.05) is 0 Å². The standard InChI is InChI=1S/C26H40O2/c1-9-10-11-12-13-14-23(27)21-16-19-15-20(25(3,4)5)17-22(26(6,7)8)24(19)28-18(21)2/h15,17H,9-14,16H2,1-8H3. The lowest BCUT2D eigenvalue weighted by Gasteiger charge is -2.32. The fourth-order valence-electron chi connectivity index (χ4n) is 3.80. The van der Waals surface area contributed by atoms with Crippen molar-refractivity contribution >= 4 is 5.78 Å². The van der Waals surface area contributed by atoms with Gasteiger partial charge in [-0.2, -0.15) is 0 Å². The zero-order valence-corrected chi connectivity index (χ0v) is 19.4. The van der Waals surface area contributed by atoms with Crippen molar-refractivity contribution < 1.29 is 9.53 Å². The summed E-state index contributed by atoms with van der Waals surface area (Å²) in [7, 11) is 0. The molecule has 0 fully saturated rings. The van der Waals surface area contributed by atoms with Gasteiger partial charge in [0.2, 0.25) is 0 Å². The molecule has 156 valence electrons. The molecule has 1 aliphatic rings. The molecule has 1 aliphatic heterocycles. The number of hydrogen-bond donors (Lipinski definition) is 0. The molecule has 0 radical (unpaired) electrons. The van der Waals surface area contributed by atoms with Crippen molar-refractivity contribution in [2.24, 2.45) is 0 Å². The van der Waals surface area contributed by atoms with Crippen LogP contribution in [-0.2, 0) is 22.0 Å². The Labute approximate surface area is 172 Å². The molecule has 0 aliphatic carbocycles. The molecule has 1 heterocycles. The van der Waals surface area contributed by atoms with Crippen LogP contribution in [0.25, 0.3) is 0 Å². The minimum absolute atomic E-state index is 0.00753. The Bertz CT molecular complexity index is 739. The number of Topliss-reactive ketones (excluding diaryl/α,β-unsaturated/α-hetero) is 1. The Balaban J connectivity index is 2.29. The van der Waals surface area contributed by atoms with Crippen LogP contribution >= 0.6 is 0 Å². The molecule has 0 N–H and O–H groups in total. The van der Waals surface area contributed by atoms with E-state index in [1.165, 1.54) is 30.4 Å². The highest BCUT2D eigenvalue weighted by molar-refractivity contribution is 5.96.